The van der Waals surface area contributed by atoms with Gasteiger partial charge in [0.25, 0.3) is 0 Å². The number of carbonyl (C=O) groups is 1. The Morgan fingerprint density at radius 3 is 1.33 bits per heavy atom. The summed E-state index contributed by atoms with van der Waals surface area (Å²) in [6.07, 6.45) is 28.5. The zero-order valence-electron chi connectivity index (χ0n) is 25.9. The predicted molar refractivity (Wildman–Crippen MR) is 161 cm³/mol. The Kier molecular flexibility index (Phi) is 25.7. The molecule has 0 saturated carbocycles. The van der Waals surface area contributed by atoms with Gasteiger partial charge in [-0.1, -0.05) is 164 Å². The van der Waals surface area contributed by atoms with Crippen LogP contribution in [0.3, 0.4) is 0 Å². The Balaban J connectivity index is 3.49. The maximum atomic E-state index is 12.0. The lowest BCUT2D eigenvalue weighted by molar-refractivity contribution is -0.144. The first-order valence-electron chi connectivity index (χ1n) is 16.5. The van der Waals surface area contributed by atoms with Crippen molar-refractivity contribution in [2.45, 2.75) is 183 Å². The van der Waals surface area contributed by atoms with E-state index in [4.69, 9.17) is 4.74 Å². The fourth-order valence-corrected chi connectivity index (χ4v) is 5.32. The summed E-state index contributed by atoms with van der Waals surface area (Å²) >= 11 is 0. The quantitative estimate of drug-likeness (QED) is 0.0814. The van der Waals surface area contributed by atoms with Crippen LogP contribution in [0.1, 0.15) is 183 Å². The molecule has 0 aliphatic rings. The van der Waals surface area contributed by atoms with Crippen molar-refractivity contribution < 1.29 is 9.53 Å². The lowest BCUT2D eigenvalue weighted by Gasteiger charge is -2.16. The number of esters is 1. The molecule has 0 aromatic carbocycles. The van der Waals surface area contributed by atoms with Gasteiger partial charge in [-0.2, -0.15) is 0 Å². The number of rotatable bonds is 27. The van der Waals surface area contributed by atoms with E-state index in [0.29, 0.717) is 18.9 Å². The second-order valence-electron chi connectivity index (χ2n) is 12.8. The standard InChI is InChI=1S/C34H68O2/c1-7-8-9-10-11-12-13-14-15-16-17-27-34(35)36-29-28-33(6)26-20-25-32(5)24-19-23-31(4)22-18-21-30(2)3/h30-33H,7-29H2,1-6H3. The van der Waals surface area contributed by atoms with E-state index in [0.717, 1.165) is 30.6 Å². The van der Waals surface area contributed by atoms with Gasteiger partial charge >= 0.3 is 5.97 Å². The highest BCUT2D eigenvalue weighted by Gasteiger charge is 2.09. The van der Waals surface area contributed by atoms with Gasteiger partial charge in [-0.3, -0.25) is 4.79 Å². The third-order valence-corrected chi connectivity index (χ3v) is 8.12. The van der Waals surface area contributed by atoms with E-state index in [1.54, 1.807) is 0 Å². The van der Waals surface area contributed by atoms with Crippen molar-refractivity contribution in [1.82, 2.24) is 0 Å². The molecule has 0 saturated heterocycles. The van der Waals surface area contributed by atoms with Crippen LogP contribution in [0.2, 0.25) is 0 Å². The first-order valence-corrected chi connectivity index (χ1v) is 16.5. The van der Waals surface area contributed by atoms with Crippen LogP contribution in [0.4, 0.5) is 0 Å². The molecule has 0 spiro atoms. The van der Waals surface area contributed by atoms with Gasteiger partial charge in [-0.25, -0.2) is 0 Å². The van der Waals surface area contributed by atoms with Crippen molar-refractivity contribution in [2.24, 2.45) is 23.7 Å². The molecule has 0 N–H and O–H groups in total. The highest BCUT2D eigenvalue weighted by molar-refractivity contribution is 5.69. The summed E-state index contributed by atoms with van der Waals surface area (Å²) in [5.74, 6) is 3.28. The SMILES string of the molecule is CCCCCCCCCCCCCC(=O)OCCC(C)CCCC(C)CCCC(C)CCCC(C)C. The Morgan fingerprint density at radius 1 is 0.500 bits per heavy atom. The summed E-state index contributed by atoms with van der Waals surface area (Å²) in [7, 11) is 0. The monoisotopic (exact) mass is 509 g/mol. The Bertz CT molecular complexity index is 458. The van der Waals surface area contributed by atoms with Gasteiger partial charge in [0.05, 0.1) is 6.61 Å². The highest BCUT2D eigenvalue weighted by atomic mass is 16.5. The molecule has 0 rings (SSSR count). The molecule has 0 fully saturated rings. The van der Waals surface area contributed by atoms with Gasteiger partial charge in [0.1, 0.15) is 0 Å². The van der Waals surface area contributed by atoms with Gasteiger partial charge in [0.2, 0.25) is 0 Å². The lowest BCUT2D eigenvalue weighted by atomic mass is 9.91. The molecular formula is C34H68O2. The fraction of sp³-hybridized carbons (Fsp3) is 0.971. The minimum atomic E-state index is 0.0187. The molecule has 0 aromatic rings. The molecule has 3 atom stereocenters. The predicted octanol–water partition coefficient (Wildman–Crippen LogP) is 11.7. The summed E-state index contributed by atoms with van der Waals surface area (Å²) in [5.41, 5.74) is 0. The second kappa shape index (κ2) is 26.1. The van der Waals surface area contributed by atoms with Crippen LogP contribution in [0.15, 0.2) is 0 Å². The summed E-state index contributed by atoms with van der Waals surface area (Å²) in [6.45, 7) is 14.8. The van der Waals surface area contributed by atoms with Crippen molar-refractivity contribution in [2.75, 3.05) is 6.61 Å². The normalized spacial score (nSPS) is 14.2. The average Bonchev–Trinajstić information content (AvgIpc) is 2.82. The molecule has 0 heterocycles. The number of unbranched alkanes of at least 4 members (excludes halogenated alkanes) is 10. The van der Waals surface area contributed by atoms with E-state index in [9.17, 15) is 4.79 Å². The minimum absolute atomic E-state index is 0.0187. The number of hydrogen-bond acceptors (Lipinski definition) is 2. The molecule has 2 nitrogen and oxygen atoms in total. The Morgan fingerprint density at radius 2 is 0.889 bits per heavy atom. The molecular weight excluding hydrogens is 440 g/mol. The molecule has 36 heavy (non-hydrogen) atoms. The fourth-order valence-electron chi connectivity index (χ4n) is 5.32. The third kappa shape index (κ3) is 26.5. The zero-order chi connectivity index (χ0) is 26.9. The maximum Gasteiger partial charge on any atom is 0.305 e. The first-order chi connectivity index (χ1) is 17.3. The van der Waals surface area contributed by atoms with Crippen molar-refractivity contribution in [1.29, 1.82) is 0 Å². The highest BCUT2D eigenvalue weighted by Crippen LogP contribution is 2.22. The largest absolute Gasteiger partial charge is 0.466 e. The number of carbonyl (C=O) groups excluding carboxylic acids is 1. The summed E-state index contributed by atoms with van der Waals surface area (Å²) in [4.78, 5) is 12.0. The molecule has 216 valence electrons. The van der Waals surface area contributed by atoms with Crippen molar-refractivity contribution in [3.05, 3.63) is 0 Å². The van der Waals surface area contributed by atoms with Crippen LogP contribution in [-0.4, -0.2) is 12.6 Å². The van der Waals surface area contributed by atoms with Gasteiger partial charge in [-0.05, 0) is 36.5 Å². The molecule has 0 radical (unpaired) electrons. The van der Waals surface area contributed by atoms with E-state index in [-0.39, 0.29) is 5.97 Å². The Hall–Kier alpha value is -0.530. The first kappa shape index (κ1) is 35.5. The molecule has 3 unspecified atom stereocenters. The third-order valence-electron chi connectivity index (χ3n) is 8.12. The molecule has 0 aromatic heterocycles. The summed E-state index contributed by atoms with van der Waals surface area (Å²) in [5, 5.41) is 0. The van der Waals surface area contributed by atoms with Crippen LogP contribution < -0.4 is 0 Å². The molecule has 0 bridgehead atoms. The zero-order valence-corrected chi connectivity index (χ0v) is 25.9. The van der Waals surface area contributed by atoms with E-state index >= 15 is 0 Å². The van der Waals surface area contributed by atoms with Crippen molar-refractivity contribution in [3.63, 3.8) is 0 Å². The van der Waals surface area contributed by atoms with Crippen molar-refractivity contribution in [3.8, 4) is 0 Å². The van der Waals surface area contributed by atoms with Gasteiger partial charge in [0, 0.05) is 6.42 Å². The average molecular weight is 509 g/mol. The minimum Gasteiger partial charge on any atom is -0.466 e. The molecule has 2 heteroatoms. The van der Waals surface area contributed by atoms with Crippen LogP contribution in [0, 0.1) is 23.7 Å². The topological polar surface area (TPSA) is 26.3 Å². The van der Waals surface area contributed by atoms with Crippen LogP contribution in [0.25, 0.3) is 0 Å². The summed E-state index contributed by atoms with van der Waals surface area (Å²) < 4.78 is 5.51. The molecule has 0 amide bonds. The van der Waals surface area contributed by atoms with Crippen LogP contribution in [0.5, 0.6) is 0 Å². The van der Waals surface area contributed by atoms with E-state index in [1.165, 1.54) is 122 Å². The summed E-state index contributed by atoms with van der Waals surface area (Å²) in [6, 6.07) is 0. The molecule has 0 aliphatic carbocycles. The Labute approximate surface area is 228 Å². The van der Waals surface area contributed by atoms with Crippen molar-refractivity contribution >= 4 is 5.97 Å². The van der Waals surface area contributed by atoms with E-state index in [2.05, 4.69) is 41.5 Å². The second-order valence-corrected chi connectivity index (χ2v) is 12.8. The van der Waals surface area contributed by atoms with Gasteiger partial charge < -0.3 is 4.74 Å². The lowest BCUT2D eigenvalue weighted by Crippen LogP contribution is -2.09. The van der Waals surface area contributed by atoms with Gasteiger partial charge in [-0.15, -0.1) is 0 Å². The van der Waals surface area contributed by atoms with E-state index in [1.807, 2.05) is 0 Å². The van der Waals surface area contributed by atoms with Gasteiger partial charge in [0.15, 0.2) is 0 Å². The maximum absolute atomic E-state index is 12.0. The van der Waals surface area contributed by atoms with E-state index < -0.39 is 0 Å². The smallest absolute Gasteiger partial charge is 0.305 e. The molecule has 0 aliphatic heterocycles. The van der Waals surface area contributed by atoms with Crippen LogP contribution in [-0.2, 0) is 9.53 Å². The number of hydrogen-bond donors (Lipinski definition) is 0. The van der Waals surface area contributed by atoms with Crippen LogP contribution >= 0.6 is 0 Å². The number of ether oxygens (including phenoxy) is 1.